The molecule has 0 bridgehead atoms. The van der Waals surface area contributed by atoms with Crippen LogP contribution >= 0.6 is 11.6 Å². The Morgan fingerprint density at radius 3 is 2.43 bits per heavy atom. The van der Waals surface area contributed by atoms with Gasteiger partial charge in [0.25, 0.3) is 5.91 Å². The van der Waals surface area contributed by atoms with Crippen molar-refractivity contribution in [2.75, 3.05) is 5.32 Å². The highest BCUT2D eigenvalue weighted by atomic mass is 35.5. The van der Waals surface area contributed by atoms with Crippen molar-refractivity contribution >= 4 is 33.0 Å². The van der Waals surface area contributed by atoms with Gasteiger partial charge in [-0.15, -0.1) is 0 Å². The fourth-order valence-electron chi connectivity index (χ4n) is 1.53. The standard InChI is InChI=1S/C12H8ClF2NO4S/c13-10-6-5-8(20-10)11(17)16-7-3-1-2-4-9(7)21(18,19)12(14)15/h1-6,12H,(H,16,17). The lowest BCUT2D eigenvalue weighted by Crippen LogP contribution is -2.17. The summed E-state index contributed by atoms with van der Waals surface area (Å²) in [5.41, 5.74) is -0.268. The zero-order valence-corrected chi connectivity index (χ0v) is 11.8. The van der Waals surface area contributed by atoms with E-state index >= 15 is 0 Å². The largest absolute Gasteiger partial charge is 0.440 e. The normalized spacial score (nSPS) is 11.6. The van der Waals surface area contributed by atoms with Crippen molar-refractivity contribution in [3.63, 3.8) is 0 Å². The fourth-order valence-corrected chi connectivity index (χ4v) is 2.57. The summed E-state index contributed by atoms with van der Waals surface area (Å²) in [6.07, 6.45) is 0. The predicted octanol–water partition coefficient (Wildman–Crippen LogP) is 3.18. The van der Waals surface area contributed by atoms with Crippen LogP contribution in [-0.2, 0) is 9.84 Å². The lowest BCUT2D eigenvalue weighted by atomic mass is 10.3. The van der Waals surface area contributed by atoms with Crippen LogP contribution in [0, 0.1) is 0 Å². The molecule has 0 spiro atoms. The number of hydrogen-bond acceptors (Lipinski definition) is 4. The van der Waals surface area contributed by atoms with Gasteiger partial charge in [0, 0.05) is 0 Å². The predicted molar refractivity (Wildman–Crippen MR) is 71.3 cm³/mol. The summed E-state index contributed by atoms with van der Waals surface area (Å²) in [6, 6.07) is 7.42. The molecule has 1 aromatic carbocycles. The molecular weight excluding hydrogens is 328 g/mol. The quantitative estimate of drug-likeness (QED) is 0.931. The van der Waals surface area contributed by atoms with Crippen LogP contribution in [0.15, 0.2) is 45.7 Å². The molecule has 0 fully saturated rings. The number of halogens is 3. The van der Waals surface area contributed by atoms with E-state index in [1.54, 1.807) is 0 Å². The smallest absolute Gasteiger partial charge is 0.341 e. The Balaban J connectivity index is 2.36. The maximum atomic E-state index is 12.6. The van der Waals surface area contributed by atoms with Crippen molar-refractivity contribution in [1.82, 2.24) is 0 Å². The summed E-state index contributed by atoms with van der Waals surface area (Å²) in [7, 11) is -4.83. The molecule has 0 aliphatic rings. The minimum absolute atomic E-state index is 0.0337. The first-order valence-electron chi connectivity index (χ1n) is 5.50. The van der Waals surface area contributed by atoms with Crippen LogP contribution in [0.5, 0.6) is 0 Å². The van der Waals surface area contributed by atoms with E-state index in [2.05, 4.69) is 5.32 Å². The minimum Gasteiger partial charge on any atom is -0.440 e. The summed E-state index contributed by atoms with van der Waals surface area (Å²) in [4.78, 5) is 11.2. The zero-order valence-electron chi connectivity index (χ0n) is 10.2. The first-order chi connectivity index (χ1) is 9.82. The highest BCUT2D eigenvalue weighted by molar-refractivity contribution is 7.91. The maximum Gasteiger partial charge on any atom is 0.341 e. The first kappa shape index (κ1) is 15.5. The summed E-state index contributed by atoms with van der Waals surface area (Å²) < 4.78 is 53.1. The Bertz CT molecular complexity index is 773. The summed E-state index contributed by atoms with van der Waals surface area (Å²) >= 11 is 5.51. The first-order valence-corrected chi connectivity index (χ1v) is 7.42. The summed E-state index contributed by atoms with van der Waals surface area (Å²) in [5, 5.41) is 2.16. The van der Waals surface area contributed by atoms with Crippen LogP contribution in [0.25, 0.3) is 0 Å². The van der Waals surface area contributed by atoms with Crippen molar-refractivity contribution < 1.29 is 26.4 Å². The van der Waals surface area contributed by atoms with Crippen LogP contribution in [-0.4, -0.2) is 20.1 Å². The third-order valence-corrected chi connectivity index (χ3v) is 4.11. The second kappa shape index (κ2) is 5.82. The average Bonchev–Trinajstić information content (AvgIpc) is 2.86. The molecule has 1 aromatic heterocycles. The number of nitrogens with one attached hydrogen (secondary N) is 1. The lowest BCUT2D eigenvalue weighted by molar-refractivity contribution is 0.0996. The number of furan rings is 1. The number of amides is 1. The molecule has 0 atom stereocenters. The minimum atomic E-state index is -4.83. The van der Waals surface area contributed by atoms with Gasteiger partial charge in [0.15, 0.2) is 11.0 Å². The second-order valence-electron chi connectivity index (χ2n) is 3.86. The van der Waals surface area contributed by atoms with E-state index < -0.39 is 26.4 Å². The highest BCUT2D eigenvalue weighted by Crippen LogP contribution is 2.26. The van der Waals surface area contributed by atoms with Gasteiger partial charge in [-0.1, -0.05) is 12.1 Å². The van der Waals surface area contributed by atoms with Gasteiger partial charge in [-0.05, 0) is 35.9 Å². The molecule has 2 rings (SSSR count). The molecule has 5 nitrogen and oxygen atoms in total. The third kappa shape index (κ3) is 3.22. The van der Waals surface area contributed by atoms with Crippen molar-refractivity contribution in [2.45, 2.75) is 10.7 Å². The zero-order chi connectivity index (χ0) is 15.6. The monoisotopic (exact) mass is 335 g/mol. The Kier molecular flexibility index (Phi) is 4.29. The molecule has 1 heterocycles. The molecule has 0 aliphatic heterocycles. The molecule has 0 saturated heterocycles. The van der Waals surface area contributed by atoms with Crippen LogP contribution in [0.3, 0.4) is 0 Å². The number of para-hydroxylation sites is 1. The lowest BCUT2D eigenvalue weighted by Gasteiger charge is -2.10. The third-order valence-electron chi connectivity index (χ3n) is 2.47. The molecule has 0 aliphatic carbocycles. The van der Waals surface area contributed by atoms with E-state index in [0.717, 1.165) is 6.07 Å². The van der Waals surface area contributed by atoms with Crippen LogP contribution < -0.4 is 5.32 Å². The molecule has 9 heteroatoms. The van der Waals surface area contributed by atoms with E-state index in [1.165, 1.54) is 30.3 Å². The Morgan fingerprint density at radius 1 is 1.19 bits per heavy atom. The molecule has 0 saturated carbocycles. The van der Waals surface area contributed by atoms with Gasteiger partial charge in [-0.25, -0.2) is 8.42 Å². The number of sulfone groups is 1. The highest BCUT2D eigenvalue weighted by Gasteiger charge is 2.29. The number of alkyl halides is 2. The Hall–Kier alpha value is -1.93. The number of carbonyl (C=O) groups excluding carboxylic acids is 1. The number of anilines is 1. The van der Waals surface area contributed by atoms with E-state index in [0.29, 0.717) is 0 Å². The molecule has 2 aromatic rings. The molecule has 1 amide bonds. The molecule has 21 heavy (non-hydrogen) atoms. The SMILES string of the molecule is O=C(Nc1ccccc1S(=O)(=O)C(F)F)c1ccc(Cl)o1. The van der Waals surface area contributed by atoms with E-state index in [1.807, 2.05) is 0 Å². The van der Waals surface area contributed by atoms with Gasteiger partial charge < -0.3 is 9.73 Å². The molecular formula is C12H8ClF2NO4S. The molecule has 112 valence electrons. The van der Waals surface area contributed by atoms with Gasteiger partial charge in [-0.2, -0.15) is 8.78 Å². The number of carbonyl (C=O) groups is 1. The summed E-state index contributed by atoms with van der Waals surface area (Å²) in [5.74, 6) is -4.57. The van der Waals surface area contributed by atoms with Crippen LogP contribution in [0.1, 0.15) is 10.6 Å². The molecule has 0 radical (unpaired) electrons. The van der Waals surface area contributed by atoms with E-state index in [4.69, 9.17) is 16.0 Å². The van der Waals surface area contributed by atoms with Crippen molar-refractivity contribution in [2.24, 2.45) is 0 Å². The van der Waals surface area contributed by atoms with Crippen molar-refractivity contribution in [3.8, 4) is 0 Å². The topological polar surface area (TPSA) is 76.4 Å². The Labute approximate surface area is 123 Å². The Morgan fingerprint density at radius 2 is 1.86 bits per heavy atom. The molecule has 1 N–H and O–H groups in total. The van der Waals surface area contributed by atoms with Crippen LogP contribution in [0.2, 0.25) is 5.22 Å². The van der Waals surface area contributed by atoms with Crippen molar-refractivity contribution in [3.05, 3.63) is 47.4 Å². The number of rotatable bonds is 4. The van der Waals surface area contributed by atoms with E-state index in [-0.39, 0.29) is 16.7 Å². The average molecular weight is 336 g/mol. The van der Waals surface area contributed by atoms with Gasteiger partial charge in [0.2, 0.25) is 9.84 Å². The van der Waals surface area contributed by atoms with Crippen molar-refractivity contribution in [1.29, 1.82) is 0 Å². The second-order valence-corrected chi connectivity index (χ2v) is 6.12. The number of benzene rings is 1. The van der Waals surface area contributed by atoms with E-state index in [9.17, 15) is 22.0 Å². The molecule has 0 unspecified atom stereocenters. The van der Waals surface area contributed by atoms with Gasteiger partial charge in [0.1, 0.15) is 0 Å². The fraction of sp³-hybridized carbons (Fsp3) is 0.0833. The number of hydrogen-bond donors (Lipinski definition) is 1. The maximum absolute atomic E-state index is 12.6. The van der Waals surface area contributed by atoms with Gasteiger partial charge in [0.05, 0.1) is 10.6 Å². The van der Waals surface area contributed by atoms with Gasteiger partial charge >= 0.3 is 5.76 Å². The van der Waals surface area contributed by atoms with Gasteiger partial charge in [-0.3, -0.25) is 4.79 Å². The van der Waals surface area contributed by atoms with Crippen LogP contribution in [0.4, 0.5) is 14.5 Å². The summed E-state index contributed by atoms with van der Waals surface area (Å²) in [6.45, 7) is 0.